The molecule has 5 heteroatoms. The lowest BCUT2D eigenvalue weighted by Gasteiger charge is -1.92. The van der Waals surface area contributed by atoms with Crippen molar-refractivity contribution in [2.45, 2.75) is 6.92 Å². The van der Waals surface area contributed by atoms with Crippen LogP contribution in [0, 0.1) is 0 Å². The lowest BCUT2D eigenvalue weighted by Crippen LogP contribution is -2.02. The molecule has 0 bridgehead atoms. The van der Waals surface area contributed by atoms with E-state index in [0.717, 1.165) is 11.9 Å². The number of rotatable bonds is 0. The summed E-state index contributed by atoms with van der Waals surface area (Å²) in [6, 6.07) is 6.98. The van der Waals surface area contributed by atoms with Crippen molar-refractivity contribution in [2.24, 2.45) is 5.73 Å². The second-order valence-corrected chi connectivity index (χ2v) is 2.67. The van der Waals surface area contributed by atoms with Crippen molar-refractivity contribution >= 4 is 23.4 Å². The number of nitrogens with two attached hydrogens (primary N) is 1. The molecule has 2 aromatic heterocycles. The van der Waals surface area contributed by atoms with Crippen molar-refractivity contribution in [3.63, 3.8) is 0 Å². The molecule has 0 radical (unpaired) electrons. The number of hydrogen-bond acceptors (Lipinski definition) is 3. The third-order valence-corrected chi connectivity index (χ3v) is 1.49. The van der Waals surface area contributed by atoms with Crippen molar-refractivity contribution in [3.8, 4) is 0 Å². The summed E-state index contributed by atoms with van der Waals surface area (Å²) in [6.07, 6.45) is 1.65. The average Bonchev–Trinajstić information content (AvgIpc) is 2.19. The van der Waals surface area contributed by atoms with Crippen LogP contribution in [-0.4, -0.2) is 16.5 Å². The van der Waals surface area contributed by atoms with E-state index in [9.17, 15) is 4.79 Å². The van der Waals surface area contributed by atoms with Crippen molar-refractivity contribution in [1.29, 1.82) is 0 Å². The number of aromatic amines is 1. The quantitative estimate of drug-likeness (QED) is 0.713. The van der Waals surface area contributed by atoms with Crippen molar-refractivity contribution in [1.82, 2.24) is 9.97 Å². The first-order chi connectivity index (χ1) is 6.77. The van der Waals surface area contributed by atoms with Gasteiger partial charge in [0.15, 0.2) is 0 Å². The Bertz CT molecular complexity index is 455. The van der Waals surface area contributed by atoms with Crippen LogP contribution in [0.15, 0.2) is 35.3 Å². The summed E-state index contributed by atoms with van der Waals surface area (Å²) in [5, 5.41) is 0.951. The van der Waals surface area contributed by atoms with Gasteiger partial charge < -0.3 is 10.7 Å². The van der Waals surface area contributed by atoms with Gasteiger partial charge in [0, 0.05) is 17.6 Å². The summed E-state index contributed by atoms with van der Waals surface area (Å²) >= 11 is 0. The van der Waals surface area contributed by atoms with Gasteiger partial charge in [-0.3, -0.25) is 4.79 Å². The third-order valence-electron chi connectivity index (χ3n) is 1.49. The molecule has 0 aliphatic carbocycles. The molecule has 82 valence electrons. The molecule has 0 amide bonds. The van der Waals surface area contributed by atoms with E-state index in [2.05, 4.69) is 9.97 Å². The first-order valence-corrected chi connectivity index (χ1v) is 4.42. The van der Waals surface area contributed by atoms with Gasteiger partial charge in [-0.1, -0.05) is 6.92 Å². The molecule has 2 rings (SSSR count). The Morgan fingerprint density at radius 3 is 2.73 bits per heavy atom. The number of nitrogens with one attached hydrogen (secondary N) is 1. The van der Waals surface area contributed by atoms with E-state index < -0.39 is 0 Å². The van der Waals surface area contributed by atoms with Gasteiger partial charge in [0.1, 0.15) is 5.65 Å². The molecule has 0 saturated carbocycles. The summed E-state index contributed by atoms with van der Waals surface area (Å²) in [5.74, 6) is 0. The highest BCUT2D eigenvalue weighted by Crippen LogP contribution is 2.02. The van der Waals surface area contributed by atoms with Gasteiger partial charge in [-0.2, -0.15) is 0 Å². The van der Waals surface area contributed by atoms with Crippen LogP contribution in [0.1, 0.15) is 6.92 Å². The van der Waals surface area contributed by atoms with E-state index in [-0.39, 0.29) is 18.0 Å². The van der Waals surface area contributed by atoms with Gasteiger partial charge in [0.25, 0.3) is 0 Å². The fraction of sp³-hybridized carbons (Fsp3) is 0.200. The monoisotopic (exact) mass is 227 g/mol. The predicted molar refractivity (Wildman–Crippen MR) is 64.3 cm³/mol. The first-order valence-electron chi connectivity index (χ1n) is 4.42. The summed E-state index contributed by atoms with van der Waals surface area (Å²) in [4.78, 5) is 17.4. The largest absolute Gasteiger partial charge is 0.331 e. The minimum absolute atomic E-state index is 0. The molecule has 0 fully saturated rings. The molecule has 3 N–H and O–H groups in total. The smallest absolute Gasteiger partial charge is 0.249 e. The maximum atomic E-state index is 10.8. The Hall–Kier alpha value is -1.39. The molecule has 0 aliphatic rings. The van der Waals surface area contributed by atoms with Crippen LogP contribution in [0.4, 0.5) is 0 Å². The van der Waals surface area contributed by atoms with E-state index >= 15 is 0 Å². The number of H-pyrrole nitrogens is 1. The predicted octanol–water partition coefficient (Wildman–Crippen LogP) is 1.31. The molecule has 2 aromatic rings. The zero-order valence-corrected chi connectivity index (χ0v) is 9.25. The third kappa shape index (κ3) is 4.10. The Kier molecular flexibility index (Phi) is 6.33. The van der Waals surface area contributed by atoms with Crippen molar-refractivity contribution in [2.75, 3.05) is 6.54 Å². The Morgan fingerprint density at radius 1 is 1.40 bits per heavy atom. The first kappa shape index (κ1) is 13.6. The van der Waals surface area contributed by atoms with E-state index in [1.807, 2.05) is 19.1 Å². The summed E-state index contributed by atoms with van der Waals surface area (Å²) in [5.41, 5.74) is 5.37. The minimum atomic E-state index is -0.115. The molecule has 2 heterocycles. The van der Waals surface area contributed by atoms with Gasteiger partial charge in [-0.15, -0.1) is 12.4 Å². The van der Waals surface area contributed by atoms with Crippen molar-refractivity contribution < 1.29 is 0 Å². The minimum Gasteiger partial charge on any atom is -0.331 e. The second-order valence-electron chi connectivity index (χ2n) is 2.67. The Balaban J connectivity index is 0.000000443. The number of fused-ring (bicyclic) bond motifs is 1. The van der Waals surface area contributed by atoms with E-state index in [4.69, 9.17) is 5.73 Å². The molecular formula is C10H14ClN3O. The number of aromatic nitrogens is 2. The van der Waals surface area contributed by atoms with E-state index in [1.165, 1.54) is 6.07 Å². The van der Waals surface area contributed by atoms with Crippen LogP contribution in [0.2, 0.25) is 0 Å². The lowest BCUT2D eigenvalue weighted by atomic mass is 10.3. The fourth-order valence-electron chi connectivity index (χ4n) is 0.981. The van der Waals surface area contributed by atoms with Gasteiger partial charge in [0.2, 0.25) is 5.56 Å². The second kappa shape index (κ2) is 6.98. The molecule has 4 nitrogen and oxygen atoms in total. The molecule has 0 spiro atoms. The Labute approximate surface area is 93.9 Å². The highest BCUT2D eigenvalue weighted by Gasteiger charge is 1.90. The van der Waals surface area contributed by atoms with Gasteiger partial charge in [0.05, 0.1) is 0 Å². The summed E-state index contributed by atoms with van der Waals surface area (Å²) in [7, 11) is 0. The number of hydrogen-bond donors (Lipinski definition) is 2. The van der Waals surface area contributed by atoms with Gasteiger partial charge >= 0.3 is 0 Å². The van der Waals surface area contributed by atoms with Crippen LogP contribution in [0.25, 0.3) is 11.0 Å². The van der Waals surface area contributed by atoms with Crippen LogP contribution in [0.5, 0.6) is 0 Å². The van der Waals surface area contributed by atoms with Crippen LogP contribution < -0.4 is 11.3 Å². The molecule has 0 aliphatic heterocycles. The molecule has 0 unspecified atom stereocenters. The maximum absolute atomic E-state index is 10.8. The molecule has 0 saturated heterocycles. The average molecular weight is 228 g/mol. The highest BCUT2D eigenvalue weighted by atomic mass is 35.5. The molecule has 15 heavy (non-hydrogen) atoms. The molecular weight excluding hydrogens is 214 g/mol. The van der Waals surface area contributed by atoms with Crippen LogP contribution >= 0.6 is 12.4 Å². The van der Waals surface area contributed by atoms with E-state index in [0.29, 0.717) is 5.65 Å². The SMILES string of the molecule is CCN.Cl.O=c1ccc2cccnc2[nH]1. The summed E-state index contributed by atoms with van der Waals surface area (Å²) in [6.45, 7) is 2.65. The van der Waals surface area contributed by atoms with Crippen LogP contribution in [0.3, 0.4) is 0 Å². The molecule has 0 aromatic carbocycles. The van der Waals surface area contributed by atoms with Crippen molar-refractivity contribution in [3.05, 3.63) is 40.8 Å². The number of halogens is 1. The fourth-order valence-corrected chi connectivity index (χ4v) is 0.981. The van der Waals surface area contributed by atoms with Gasteiger partial charge in [-0.25, -0.2) is 4.98 Å². The maximum Gasteiger partial charge on any atom is 0.249 e. The van der Waals surface area contributed by atoms with Crippen LogP contribution in [-0.2, 0) is 0 Å². The number of pyridine rings is 2. The zero-order chi connectivity index (χ0) is 10.4. The number of nitrogens with zero attached hydrogens (tertiary/aromatic N) is 1. The zero-order valence-electron chi connectivity index (χ0n) is 8.43. The molecule has 0 atom stereocenters. The normalized spacial score (nSPS) is 8.67. The standard InChI is InChI=1S/C8H6N2O.C2H7N.ClH/c11-7-4-3-6-2-1-5-9-8(6)10-7;1-2-3;/h1-5H,(H,9,10,11);2-3H2,1H3;1H. The lowest BCUT2D eigenvalue weighted by molar-refractivity contribution is 1.14. The Morgan fingerprint density at radius 2 is 2.07 bits per heavy atom. The van der Waals surface area contributed by atoms with E-state index in [1.54, 1.807) is 12.3 Å². The highest BCUT2D eigenvalue weighted by molar-refractivity contribution is 5.85. The summed E-state index contributed by atoms with van der Waals surface area (Å²) < 4.78 is 0. The topological polar surface area (TPSA) is 71.8 Å². The van der Waals surface area contributed by atoms with Gasteiger partial charge in [-0.05, 0) is 24.7 Å².